The van der Waals surface area contributed by atoms with Crippen molar-refractivity contribution >= 4 is 47.5 Å². The van der Waals surface area contributed by atoms with E-state index in [0.29, 0.717) is 55.9 Å². The van der Waals surface area contributed by atoms with Crippen molar-refractivity contribution in [1.82, 2.24) is 50.8 Å². The van der Waals surface area contributed by atoms with Gasteiger partial charge in [0.1, 0.15) is 0 Å². The molecular formula is C55H80N10O12. The lowest BCUT2D eigenvalue weighted by atomic mass is 9.92. The van der Waals surface area contributed by atoms with Gasteiger partial charge in [-0.05, 0) is 107 Å². The number of carboxylic acids is 4. The van der Waals surface area contributed by atoms with E-state index in [2.05, 4.69) is 38.1 Å². The molecule has 5 rings (SSSR count). The normalized spacial score (nSPS) is 18.5. The summed E-state index contributed by atoms with van der Waals surface area (Å²) in [5.41, 5.74) is 3.05. The topological polar surface area (TPSA) is 295 Å². The summed E-state index contributed by atoms with van der Waals surface area (Å²) in [6.45, 7) is 6.10. The zero-order valence-electron chi connectivity index (χ0n) is 44.6. The molecule has 3 aliphatic rings. The number of piperidine rings is 2. The fraction of sp³-hybridized carbons (Fsp3) is 0.618. The van der Waals surface area contributed by atoms with Gasteiger partial charge in [-0.3, -0.25) is 62.9 Å². The summed E-state index contributed by atoms with van der Waals surface area (Å²) >= 11 is 0. The molecule has 3 unspecified atom stereocenters. The van der Waals surface area contributed by atoms with E-state index < -0.39 is 47.8 Å². The highest BCUT2D eigenvalue weighted by atomic mass is 16.4. The second-order valence-corrected chi connectivity index (χ2v) is 20.5. The summed E-state index contributed by atoms with van der Waals surface area (Å²) in [5, 5.41) is 50.0. The van der Waals surface area contributed by atoms with E-state index in [1.54, 1.807) is 45.0 Å². The van der Waals surface area contributed by atoms with Gasteiger partial charge in [0.25, 0.3) is 0 Å². The van der Waals surface area contributed by atoms with E-state index >= 15 is 0 Å². The largest absolute Gasteiger partial charge is 0.481 e. The molecule has 3 aliphatic heterocycles. The standard InChI is InChI=1S/C55H80N10O12/c1-40(64-29-27-62(38-52(72)73)25-23-61(37-51(70)71)24-26-63(28-30-64)39-53(74)75)54(76)59-35-48(66)58-19-5-3-2-4-7-41-9-11-42(12-10-41)13-14-44-31-46(34-57-33-44)47(32-50(68)69)60-55(77)45-8-6-22-65(36-45)49(67)16-15-43-17-20-56-21-18-43/h9-12,31,33-34,40,43,45,47,56H,2-8,15-30,32,35-39H2,1H3,(H,58,66)(H,59,76)(H,60,77)(H,68,69)(H,70,71)(H,72,73)(H,74,75). The maximum atomic E-state index is 13.5. The van der Waals surface area contributed by atoms with Gasteiger partial charge in [0.15, 0.2) is 0 Å². The van der Waals surface area contributed by atoms with Crippen molar-refractivity contribution < 1.29 is 58.8 Å². The predicted octanol–water partition coefficient (Wildman–Crippen LogP) is 1.33. The molecule has 22 nitrogen and oxygen atoms in total. The maximum absolute atomic E-state index is 13.5. The molecule has 0 bridgehead atoms. The Morgan fingerprint density at radius 3 is 1.91 bits per heavy atom. The first-order valence-corrected chi connectivity index (χ1v) is 27.2. The Bertz CT molecular complexity index is 2310. The van der Waals surface area contributed by atoms with E-state index in [1.165, 1.54) is 0 Å². The van der Waals surface area contributed by atoms with Crippen LogP contribution >= 0.6 is 0 Å². The zero-order chi connectivity index (χ0) is 55.5. The molecule has 4 amide bonds. The van der Waals surface area contributed by atoms with Crippen molar-refractivity contribution in [2.24, 2.45) is 11.8 Å². The highest BCUT2D eigenvalue weighted by Crippen LogP contribution is 2.24. The minimum Gasteiger partial charge on any atom is -0.481 e. The number of aliphatic carboxylic acids is 4. The summed E-state index contributed by atoms with van der Waals surface area (Å²) in [6, 6.07) is 8.16. The number of pyridine rings is 1. The molecule has 1 aromatic carbocycles. The number of carbonyl (C=O) groups is 8. The van der Waals surface area contributed by atoms with Gasteiger partial charge in [-0.2, -0.15) is 0 Å². The van der Waals surface area contributed by atoms with Crippen LogP contribution in [0.4, 0.5) is 0 Å². The molecule has 0 saturated carbocycles. The van der Waals surface area contributed by atoms with Gasteiger partial charge in [0, 0.05) is 102 Å². The molecule has 3 saturated heterocycles. The number of aryl methyl sites for hydroxylation is 1. The van der Waals surface area contributed by atoms with E-state index in [-0.39, 0.29) is 103 Å². The van der Waals surface area contributed by atoms with E-state index in [4.69, 9.17) is 0 Å². The number of carbonyl (C=O) groups excluding carboxylic acids is 4. The van der Waals surface area contributed by atoms with Crippen LogP contribution in [0.3, 0.4) is 0 Å². The Labute approximate surface area is 451 Å². The minimum absolute atomic E-state index is 0.0724. The quantitative estimate of drug-likeness (QED) is 0.0514. The first-order valence-electron chi connectivity index (χ1n) is 27.2. The number of amides is 4. The van der Waals surface area contributed by atoms with Crippen LogP contribution in [0.5, 0.6) is 0 Å². The molecule has 3 fully saturated rings. The van der Waals surface area contributed by atoms with Crippen molar-refractivity contribution in [3.8, 4) is 11.8 Å². The van der Waals surface area contributed by atoms with Crippen molar-refractivity contribution in [3.05, 3.63) is 65.0 Å². The lowest BCUT2D eigenvalue weighted by Gasteiger charge is -2.35. The predicted molar refractivity (Wildman–Crippen MR) is 285 cm³/mol. The minimum atomic E-state index is -1.07. The smallest absolute Gasteiger partial charge is 0.317 e. The summed E-state index contributed by atoms with van der Waals surface area (Å²) in [5.74, 6) is 1.25. The molecule has 0 spiro atoms. The fourth-order valence-electron chi connectivity index (χ4n) is 9.97. The SMILES string of the molecule is CC(C(=O)NCC(=O)NCCCCCCc1ccc(C#Cc2cncc(C(CC(=O)O)NC(=O)C3CCCN(C(=O)CCC4CCNCC4)C3)c2)cc1)N1CCN(CC(=O)O)CCN(CC(=O)O)CCN(CC(=O)O)CC1. The third-order valence-corrected chi connectivity index (χ3v) is 14.5. The van der Waals surface area contributed by atoms with Crippen molar-refractivity contribution in [2.45, 2.75) is 96.1 Å². The van der Waals surface area contributed by atoms with Crippen molar-refractivity contribution in [3.63, 3.8) is 0 Å². The van der Waals surface area contributed by atoms with Crippen LogP contribution in [0.1, 0.15) is 106 Å². The van der Waals surface area contributed by atoms with Crippen LogP contribution in [0.25, 0.3) is 0 Å². The third kappa shape index (κ3) is 23.3. The van der Waals surface area contributed by atoms with Crippen LogP contribution in [-0.2, 0) is 44.8 Å². The monoisotopic (exact) mass is 1070 g/mol. The van der Waals surface area contributed by atoms with Crippen LogP contribution in [-0.4, -0.2) is 215 Å². The first kappa shape index (κ1) is 61.3. The fourth-order valence-corrected chi connectivity index (χ4v) is 9.97. The number of aromatic nitrogens is 1. The van der Waals surface area contributed by atoms with Gasteiger partial charge in [-0.25, -0.2) is 0 Å². The van der Waals surface area contributed by atoms with Crippen LogP contribution in [0.2, 0.25) is 0 Å². The summed E-state index contributed by atoms with van der Waals surface area (Å²) < 4.78 is 0. The summed E-state index contributed by atoms with van der Waals surface area (Å²) in [7, 11) is 0. The molecule has 422 valence electrons. The number of nitrogens with zero attached hydrogens (tertiary/aromatic N) is 6. The molecule has 2 aromatic rings. The van der Waals surface area contributed by atoms with Gasteiger partial charge in [-0.15, -0.1) is 0 Å². The molecule has 1 aromatic heterocycles. The van der Waals surface area contributed by atoms with Crippen LogP contribution < -0.4 is 21.3 Å². The first-order chi connectivity index (χ1) is 37.0. The highest BCUT2D eigenvalue weighted by molar-refractivity contribution is 5.87. The number of unbranched alkanes of at least 4 members (excludes halogenated alkanes) is 3. The lowest BCUT2D eigenvalue weighted by molar-refractivity contribution is -0.140. The van der Waals surface area contributed by atoms with Gasteiger partial charge in [0.2, 0.25) is 23.6 Å². The Balaban J connectivity index is 1.00. The highest BCUT2D eigenvalue weighted by Gasteiger charge is 2.31. The summed E-state index contributed by atoms with van der Waals surface area (Å²) in [6.07, 6.45) is 12.0. The Kier molecular flexibility index (Phi) is 26.2. The van der Waals surface area contributed by atoms with Gasteiger partial charge in [-0.1, -0.05) is 36.8 Å². The molecular weight excluding hydrogens is 993 g/mol. The van der Waals surface area contributed by atoms with E-state index in [0.717, 1.165) is 75.6 Å². The average molecular weight is 1070 g/mol. The maximum Gasteiger partial charge on any atom is 0.317 e. The number of nitrogens with one attached hydrogen (secondary N) is 4. The molecule has 3 atom stereocenters. The van der Waals surface area contributed by atoms with Crippen molar-refractivity contribution in [1.29, 1.82) is 0 Å². The molecule has 22 heteroatoms. The molecule has 8 N–H and O–H groups in total. The number of hydrogen-bond donors (Lipinski definition) is 8. The average Bonchev–Trinajstić information content (AvgIpc) is 3.40. The Hall–Kier alpha value is -6.51. The number of likely N-dealkylation sites (tertiary alicyclic amines) is 1. The second-order valence-electron chi connectivity index (χ2n) is 20.5. The number of benzene rings is 1. The van der Waals surface area contributed by atoms with E-state index in [9.17, 15) is 58.8 Å². The molecule has 0 aliphatic carbocycles. The number of rotatable bonds is 25. The molecule has 0 radical (unpaired) electrons. The number of carboxylic acid groups (broad SMARTS) is 4. The number of hydrogen-bond acceptors (Lipinski definition) is 14. The molecule has 4 heterocycles. The van der Waals surface area contributed by atoms with Gasteiger partial charge in [0.05, 0.1) is 50.6 Å². The lowest BCUT2D eigenvalue weighted by Crippen LogP contribution is -2.53. The van der Waals surface area contributed by atoms with E-state index in [1.807, 2.05) is 29.2 Å². The Morgan fingerprint density at radius 1 is 0.701 bits per heavy atom. The third-order valence-electron chi connectivity index (χ3n) is 14.5. The van der Waals surface area contributed by atoms with Gasteiger partial charge >= 0.3 is 23.9 Å². The van der Waals surface area contributed by atoms with Crippen LogP contribution in [0.15, 0.2) is 42.7 Å². The summed E-state index contributed by atoms with van der Waals surface area (Å²) in [4.78, 5) is 112. The van der Waals surface area contributed by atoms with Crippen molar-refractivity contribution in [2.75, 3.05) is 111 Å². The zero-order valence-corrected chi connectivity index (χ0v) is 44.6. The molecule has 77 heavy (non-hydrogen) atoms. The Morgan fingerprint density at radius 2 is 1.30 bits per heavy atom. The van der Waals surface area contributed by atoms with Gasteiger partial charge < -0.3 is 46.6 Å². The van der Waals surface area contributed by atoms with Crippen LogP contribution in [0, 0.1) is 23.7 Å². The second kappa shape index (κ2) is 32.9.